The van der Waals surface area contributed by atoms with Gasteiger partial charge in [-0.25, -0.2) is 0 Å². The maximum atomic E-state index is 12.6. The molecular weight excluding hydrogens is 352 g/mol. The third-order valence-corrected chi connectivity index (χ3v) is 5.85. The van der Waals surface area contributed by atoms with Gasteiger partial charge < -0.3 is 15.8 Å². The van der Waals surface area contributed by atoms with Gasteiger partial charge in [0.1, 0.15) is 0 Å². The van der Waals surface area contributed by atoms with Crippen LogP contribution in [0, 0.1) is 17.8 Å². The Morgan fingerprint density at radius 2 is 1.77 bits per heavy atom. The first-order valence-electron chi connectivity index (χ1n) is 9.29. The van der Waals surface area contributed by atoms with E-state index in [1.165, 1.54) is 13.5 Å². The van der Waals surface area contributed by atoms with Crippen molar-refractivity contribution in [2.45, 2.75) is 51.0 Å². The number of hydrogen-bond acceptors (Lipinski definition) is 4. The number of hydrogen-bond donors (Lipinski definition) is 2. The molecule has 6 heteroatoms. The van der Waals surface area contributed by atoms with Gasteiger partial charge in [-0.2, -0.15) is 0 Å². The van der Waals surface area contributed by atoms with E-state index in [1.54, 1.807) is 0 Å². The molecule has 2 atom stereocenters. The summed E-state index contributed by atoms with van der Waals surface area (Å²) in [6, 6.07) is 7.99. The quantitative estimate of drug-likeness (QED) is 0.768. The van der Waals surface area contributed by atoms with Crippen molar-refractivity contribution in [1.29, 1.82) is 0 Å². The van der Waals surface area contributed by atoms with Gasteiger partial charge in [-0.3, -0.25) is 9.59 Å². The Balaban J connectivity index is 0.00000243. The molecule has 2 aliphatic carbocycles. The van der Waals surface area contributed by atoms with Gasteiger partial charge in [0.25, 0.3) is 0 Å². The van der Waals surface area contributed by atoms with E-state index in [-0.39, 0.29) is 36.2 Å². The lowest BCUT2D eigenvalue weighted by Gasteiger charge is -2.43. The standard InChI is InChI=1S/C20H28N2O3.ClH/c1-25-18(23)10-7-13-5-8-17(9-6-13)22-20(24)16-11-14-3-2-4-15(12-16)19(14)21;/h5-6,8-9,14-16,19H,2-4,7,10-12,21H2,1H3,(H,22,24);1H. The van der Waals surface area contributed by atoms with Gasteiger partial charge in [-0.15, -0.1) is 12.4 Å². The largest absolute Gasteiger partial charge is 0.469 e. The fourth-order valence-corrected chi connectivity index (χ4v) is 4.35. The molecule has 0 aromatic heterocycles. The minimum Gasteiger partial charge on any atom is -0.469 e. The fraction of sp³-hybridized carbons (Fsp3) is 0.600. The van der Waals surface area contributed by atoms with Gasteiger partial charge in [0, 0.05) is 24.1 Å². The van der Waals surface area contributed by atoms with Crippen molar-refractivity contribution in [3.8, 4) is 0 Å². The highest BCUT2D eigenvalue weighted by atomic mass is 35.5. The summed E-state index contributed by atoms with van der Waals surface area (Å²) in [5, 5.41) is 3.05. The molecule has 1 amide bonds. The molecule has 2 aliphatic rings. The Labute approximate surface area is 161 Å². The Morgan fingerprint density at radius 3 is 2.35 bits per heavy atom. The van der Waals surface area contributed by atoms with Crippen molar-refractivity contribution in [3.63, 3.8) is 0 Å². The molecule has 0 spiro atoms. The van der Waals surface area contributed by atoms with E-state index in [0.29, 0.717) is 24.7 Å². The van der Waals surface area contributed by atoms with Crippen LogP contribution in [0.1, 0.15) is 44.1 Å². The smallest absolute Gasteiger partial charge is 0.305 e. The van der Waals surface area contributed by atoms with E-state index in [0.717, 1.165) is 36.9 Å². The zero-order valence-electron chi connectivity index (χ0n) is 15.3. The molecule has 0 radical (unpaired) electrons. The first kappa shape index (κ1) is 20.7. The van der Waals surface area contributed by atoms with Crippen molar-refractivity contribution < 1.29 is 14.3 Å². The molecule has 144 valence electrons. The van der Waals surface area contributed by atoms with E-state index < -0.39 is 0 Å². The minimum atomic E-state index is -0.210. The first-order chi connectivity index (χ1) is 12.1. The molecular formula is C20H29ClN2O3. The number of aryl methyl sites for hydroxylation is 1. The Bertz CT molecular complexity index is 606. The summed E-state index contributed by atoms with van der Waals surface area (Å²) < 4.78 is 4.65. The van der Waals surface area contributed by atoms with Crippen LogP contribution in [-0.2, 0) is 20.7 Å². The summed E-state index contributed by atoms with van der Waals surface area (Å²) in [6.45, 7) is 0. The van der Waals surface area contributed by atoms with Crippen molar-refractivity contribution in [3.05, 3.63) is 29.8 Å². The number of esters is 1. The zero-order valence-corrected chi connectivity index (χ0v) is 16.1. The van der Waals surface area contributed by atoms with Gasteiger partial charge in [0.05, 0.1) is 7.11 Å². The van der Waals surface area contributed by atoms with Gasteiger partial charge in [-0.05, 0) is 61.6 Å². The predicted molar refractivity (Wildman–Crippen MR) is 104 cm³/mol. The molecule has 1 aromatic carbocycles. The number of halogens is 1. The Kier molecular flexibility index (Phi) is 7.47. The van der Waals surface area contributed by atoms with Crippen LogP contribution in [0.4, 0.5) is 5.69 Å². The SMILES string of the molecule is COC(=O)CCc1ccc(NC(=O)C2CC3CCCC(C2)C3N)cc1.Cl. The molecule has 26 heavy (non-hydrogen) atoms. The summed E-state index contributed by atoms with van der Waals surface area (Å²) in [5.74, 6) is 0.992. The summed E-state index contributed by atoms with van der Waals surface area (Å²) in [5.41, 5.74) is 8.18. The normalized spacial score (nSPS) is 27.2. The van der Waals surface area contributed by atoms with Crippen LogP contribution in [-0.4, -0.2) is 25.0 Å². The maximum absolute atomic E-state index is 12.6. The third kappa shape index (κ3) is 4.98. The molecule has 3 rings (SSSR count). The van der Waals surface area contributed by atoms with E-state index in [4.69, 9.17) is 5.73 Å². The molecule has 5 nitrogen and oxygen atoms in total. The summed E-state index contributed by atoms with van der Waals surface area (Å²) in [4.78, 5) is 23.8. The summed E-state index contributed by atoms with van der Waals surface area (Å²) >= 11 is 0. The second-order valence-electron chi connectivity index (χ2n) is 7.46. The lowest BCUT2D eigenvalue weighted by Crippen LogP contribution is -2.48. The Morgan fingerprint density at radius 1 is 1.15 bits per heavy atom. The minimum absolute atomic E-state index is 0. The Hall–Kier alpha value is -1.59. The summed E-state index contributed by atoms with van der Waals surface area (Å²) in [6.07, 6.45) is 6.43. The van der Waals surface area contributed by atoms with Gasteiger partial charge >= 0.3 is 5.97 Å². The van der Waals surface area contributed by atoms with Gasteiger partial charge in [0.15, 0.2) is 0 Å². The molecule has 0 aliphatic heterocycles. The monoisotopic (exact) mass is 380 g/mol. The van der Waals surface area contributed by atoms with E-state index in [9.17, 15) is 9.59 Å². The van der Waals surface area contributed by atoms with Crippen LogP contribution in [0.15, 0.2) is 24.3 Å². The second kappa shape index (κ2) is 9.38. The number of amides is 1. The van der Waals surface area contributed by atoms with Crippen LogP contribution >= 0.6 is 12.4 Å². The topological polar surface area (TPSA) is 81.4 Å². The second-order valence-corrected chi connectivity index (χ2v) is 7.46. The third-order valence-electron chi connectivity index (χ3n) is 5.85. The van der Waals surface area contributed by atoms with Gasteiger partial charge in [0.2, 0.25) is 5.91 Å². The molecule has 0 saturated heterocycles. The van der Waals surface area contributed by atoms with E-state index in [2.05, 4.69) is 10.1 Å². The number of fused-ring (bicyclic) bond motifs is 2. The fourth-order valence-electron chi connectivity index (χ4n) is 4.35. The number of carbonyl (C=O) groups is 2. The van der Waals surface area contributed by atoms with Crippen LogP contribution < -0.4 is 11.1 Å². The maximum Gasteiger partial charge on any atom is 0.305 e. The number of methoxy groups -OCH3 is 1. The number of benzene rings is 1. The van der Waals surface area contributed by atoms with Crippen LogP contribution in [0.25, 0.3) is 0 Å². The number of rotatable bonds is 5. The highest BCUT2D eigenvalue weighted by molar-refractivity contribution is 5.92. The average Bonchev–Trinajstić information content (AvgIpc) is 2.60. The first-order valence-corrected chi connectivity index (χ1v) is 9.29. The molecule has 0 heterocycles. The predicted octanol–water partition coefficient (Wildman–Crippen LogP) is 3.31. The lowest BCUT2D eigenvalue weighted by molar-refractivity contribution is -0.140. The highest BCUT2D eigenvalue weighted by Crippen LogP contribution is 2.42. The van der Waals surface area contributed by atoms with E-state index >= 15 is 0 Å². The highest BCUT2D eigenvalue weighted by Gasteiger charge is 2.40. The van der Waals surface area contributed by atoms with Crippen LogP contribution in [0.2, 0.25) is 0 Å². The number of anilines is 1. The number of carbonyl (C=O) groups excluding carboxylic acids is 2. The van der Waals surface area contributed by atoms with Crippen molar-refractivity contribution in [2.24, 2.45) is 23.5 Å². The van der Waals surface area contributed by atoms with Crippen molar-refractivity contribution >= 4 is 30.0 Å². The zero-order chi connectivity index (χ0) is 17.8. The lowest BCUT2D eigenvalue weighted by atomic mass is 9.65. The van der Waals surface area contributed by atoms with Gasteiger partial charge in [-0.1, -0.05) is 18.6 Å². The molecule has 2 fully saturated rings. The number of nitrogens with one attached hydrogen (secondary N) is 1. The molecule has 1 aromatic rings. The van der Waals surface area contributed by atoms with Crippen LogP contribution in [0.3, 0.4) is 0 Å². The number of ether oxygens (including phenoxy) is 1. The van der Waals surface area contributed by atoms with Crippen LogP contribution in [0.5, 0.6) is 0 Å². The van der Waals surface area contributed by atoms with E-state index in [1.807, 2.05) is 24.3 Å². The molecule has 2 saturated carbocycles. The molecule has 3 N–H and O–H groups in total. The molecule has 2 bridgehead atoms. The molecule has 2 unspecified atom stereocenters. The van der Waals surface area contributed by atoms with Crippen molar-refractivity contribution in [2.75, 3.05) is 12.4 Å². The average molecular weight is 381 g/mol. The number of nitrogens with two attached hydrogens (primary N) is 1. The van der Waals surface area contributed by atoms with Crippen molar-refractivity contribution in [1.82, 2.24) is 0 Å². The summed E-state index contributed by atoms with van der Waals surface area (Å²) in [7, 11) is 1.40.